The first kappa shape index (κ1) is 23.3. The lowest BCUT2D eigenvalue weighted by molar-refractivity contribution is 0.598. The van der Waals surface area contributed by atoms with Gasteiger partial charge in [0.15, 0.2) is 0 Å². The van der Waals surface area contributed by atoms with E-state index in [2.05, 4.69) is 25.6 Å². The van der Waals surface area contributed by atoms with Crippen LogP contribution < -0.4 is 20.7 Å². The molecule has 0 amide bonds. The number of anilines is 5. The summed E-state index contributed by atoms with van der Waals surface area (Å²) in [4.78, 5) is 15.3. The van der Waals surface area contributed by atoms with E-state index in [9.17, 15) is 8.42 Å². The Balaban J connectivity index is 0.00000289. The third kappa shape index (κ3) is 4.59. The number of aryl methyl sites for hydroxylation is 1. The lowest BCUT2D eigenvalue weighted by Gasteiger charge is -2.19. The summed E-state index contributed by atoms with van der Waals surface area (Å²) in [6.45, 7) is 0. The highest BCUT2D eigenvalue weighted by atomic mass is 35.5. The fourth-order valence-electron chi connectivity index (χ4n) is 3.23. The van der Waals surface area contributed by atoms with E-state index in [4.69, 9.17) is 5.14 Å². The number of benzene rings is 2. The van der Waals surface area contributed by atoms with Crippen LogP contribution in [0.5, 0.6) is 0 Å². The molecule has 32 heavy (non-hydrogen) atoms. The van der Waals surface area contributed by atoms with Gasteiger partial charge in [-0.1, -0.05) is 6.07 Å². The van der Waals surface area contributed by atoms with E-state index < -0.39 is 10.0 Å². The van der Waals surface area contributed by atoms with Crippen LogP contribution in [0.15, 0.2) is 59.6 Å². The first-order valence-corrected chi connectivity index (χ1v) is 10.9. The number of hydrogen-bond donors (Lipinski definition) is 3. The Morgan fingerprint density at radius 2 is 1.88 bits per heavy atom. The summed E-state index contributed by atoms with van der Waals surface area (Å²) in [5.74, 6) is 1.77. The van der Waals surface area contributed by atoms with E-state index in [1.54, 1.807) is 24.4 Å². The van der Waals surface area contributed by atoms with Crippen LogP contribution in [-0.4, -0.2) is 42.0 Å². The van der Waals surface area contributed by atoms with Crippen LogP contribution in [0, 0.1) is 0 Å². The van der Waals surface area contributed by atoms with Crippen molar-refractivity contribution in [1.29, 1.82) is 0 Å². The van der Waals surface area contributed by atoms with Crippen molar-refractivity contribution in [3.63, 3.8) is 0 Å². The maximum atomic E-state index is 11.6. The molecule has 10 nitrogen and oxygen atoms in total. The van der Waals surface area contributed by atoms with Gasteiger partial charge in [0.05, 0.1) is 15.9 Å². The molecule has 0 radical (unpaired) electrons. The summed E-state index contributed by atoms with van der Waals surface area (Å²) in [5.41, 5.74) is 3.31. The predicted molar refractivity (Wildman–Crippen MR) is 129 cm³/mol. The van der Waals surface area contributed by atoms with Gasteiger partial charge in [0, 0.05) is 38.7 Å². The maximum absolute atomic E-state index is 11.6. The molecule has 2 aromatic heterocycles. The fourth-order valence-corrected chi connectivity index (χ4v) is 3.79. The number of nitrogens with zero attached hydrogens (tertiary/aromatic N) is 5. The van der Waals surface area contributed by atoms with E-state index >= 15 is 0 Å². The average Bonchev–Trinajstić information content (AvgIpc) is 3.08. The molecule has 0 aliphatic carbocycles. The van der Waals surface area contributed by atoms with Crippen molar-refractivity contribution < 1.29 is 8.42 Å². The molecule has 0 spiro atoms. The highest BCUT2D eigenvalue weighted by Gasteiger charge is 2.12. The average molecular weight is 475 g/mol. The normalized spacial score (nSPS) is 11.1. The summed E-state index contributed by atoms with van der Waals surface area (Å²) in [7, 11) is 1.89. The molecule has 4 rings (SSSR count). The summed E-state index contributed by atoms with van der Waals surface area (Å²) in [6, 6.07) is 13.9. The molecule has 0 fully saturated rings. The molecule has 4 N–H and O–H groups in total. The van der Waals surface area contributed by atoms with Gasteiger partial charge in [0.2, 0.25) is 21.9 Å². The van der Waals surface area contributed by atoms with Crippen molar-refractivity contribution in [1.82, 2.24) is 19.5 Å². The minimum Gasteiger partial charge on any atom is -0.359 e. The smallest absolute Gasteiger partial charge is 0.238 e. The van der Waals surface area contributed by atoms with Gasteiger partial charge in [-0.3, -0.25) is 0 Å². The summed E-state index contributed by atoms with van der Waals surface area (Å²) in [6.07, 6.45) is 1.63. The molecule has 12 heteroatoms. The molecule has 0 atom stereocenters. The van der Waals surface area contributed by atoms with Crippen molar-refractivity contribution >= 4 is 62.6 Å². The summed E-state index contributed by atoms with van der Waals surface area (Å²) < 4.78 is 25.1. The molecular formula is C20H23ClN8O2S. The lowest BCUT2D eigenvalue weighted by Crippen LogP contribution is -2.13. The van der Waals surface area contributed by atoms with Crippen molar-refractivity contribution in [2.24, 2.45) is 12.2 Å². The van der Waals surface area contributed by atoms with Crippen LogP contribution in [-0.2, 0) is 17.1 Å². The number of nitrogens with two attached hydrogens (primary N) is 1. The standard InChI is InChI=1S/C20H22N8O2S.ClH/c1-22-20-25-16-12-14(7-8-17(16)28(20)3)27(2)18-9-10-23-19(26-18)24-13-5-4-6-15(11-13)31(21,29)30;/h4-12H,1-3H3,(H,22,25)(H2,21,29,30)(H,23,24,26);1H. The van der Waals surface area contributed by atoms with Crippen LogP contribution in [0.3, 0.4) is 0 Å². The number of imidazole rings is 1. The highest BCUT2D eigenvalue weighted by Crippen LogP contribution is 2.28. The highest BCUT2D eigenvalue weighted by molar-refractivity contribution is 7.89. The number of rotatable bonds is 6. The number of fused-ring (bicyclic) bond motifs is 1. The van der Waals surface area contributed by atoms with Gasteiger partial charge in [-0.05, 0) is 42.5 Å². The van der Waals surface area contributed by atoms with Gasteiger partial charge in [0.1, 0.15) is 5.82 Å². The van der Waals surface area contributed by atoms with E-state index in [0.29, 0.717) is 17.5 Å². The number of hydrogen-bond acceptors (Lipinski definition) is 8. The minimum absolute atomic E-state index is 0. The second-order valence-electron chi connectivity index (χ2n) is 6.91. The Morgan fingerprint density at radius 3 is 2.59 bits per heavy atom. The SMILES string of the molecule is CNc1nc2cc(N(C)c3ccnc(Nc4cccc(S(N)(=O)=O)c4)n3)ccc2n1C.Cl. The summed E-state index contributed by atoms with van der Waals surface area (Å²) in [5, 5.41) is 11.3. The first-order valence-electron chi connectivity index (χ1n) is 9.37. The predicted octanol–water partition coefficient (Wildman–Crippen LogP) is 2.99. The van der Waals surface area contributed by atoms with Crippen LogP contribution in [0.25, 0.3) is 11.0 Å². The van der Waals surface area contributed by atoms with Crippen molar-refractivity contribution in [3.8, 4) is 0 Å². The van der Waals surface area contributed by atoms with E-state index in [1.165, 1.54) is 12.1 Å². The minimum atomic E-state index is -3.80. The Morgan fingerprint density at radius 1 is 1.09 bits per heavy atom. The van der Waals surface area contributed by atoms with Crippen LogP contribution >= 0.6 is 12.4 Å². The first-order chi connectivity index (χ1) is 14.8. The largest absolute Gasteiger partial charge is 0.359 e. The second-order valence-corrected chi connectivity index (χ2v) is 8.47. The van der Waals surface area contributed by atoms with Crippen LogP contribution in [0.4, 0.5) is 29.1 Å². The monoisotopic (exact) mass is 474 g/mol. The molecule has 4 aromatic rings. The van der Waals surface area contributed by atoms with E-state index in [-0.39, 0.29) is 17.3 Å². The Labute approximate surface area is 192 Å². The number of primary sulfonamides is 1. The lowest BCUT2D eigenvalue weighted by atomic mass is 10.2. The van der Waals surface area contributed by atoms with Gasteiger partial charge in [0.25, 0.3) is 0 Å². The molecule has 0 aliphatic heterocycles. The van der Waals surface area contributed by atoms with E-state index in [0.717, 1.165) is 22.7 Å². The van der Waals surface area contributed by atoms with Crippen LogP contribution in [0.1, 0.15) is 0 Å². The molecular weight excluding hydrogens is 452 g/mol. The Bertz CT molecular complexity index is 1370. The third-order valence-corrected chi connectivity index (χ3v) is 5.79. The number of nitrogens with one attached hydrogen (secondary N) is 2. The fraction of sp³-hybridized carbons (Fsp3) is 0.150. The molecule has 168 valence electrons. The second kappa shape index (κ2) is 8.99. The van der Waals surface area contributed by atoms with Crippen molar-refractivity contribution in [2.75, 3.05) is 29.6 Å². The number of sulfonamides is 1. The Hall–Kier alpha value is -3.41. The quantitative estimate of drug-likeness (QED) is 0.388. The molecule has 2 heterocycles. The Kier molecular flexibility index (Phi) is 6.53. The van der Waals surface area contributed by atoms with Crippen molar-refractivity contribution in [2.45, 2.75) is 4.90 Å². The third-order valence-electron chi connectivity index (χ3n) is 4.88. The van der Waals surface area contributed by atoms with Gasteiger partial charge in [-0.15, -0.1) is 12.4 Å². The van der Waals surface area contributed by atoms with Gasteiger partial charge in [-0.25, -0.2) is 23.5 Å². The number of halogens is 1. The summed E-state index contributed by atoms with van der Waals surface area (Å²) >= 11 is 0. The topological polar surface area (TPSA) is 131 Å². The molecule has 0 saturated heterocycles. The zero-order valence-electron chi connectivity index (χ0n) is 17.6. The zero-order valence-corrected chi connectivity index (χ0v) is 19.3. The molecule has 0 bridgehead atoms. The van der Waals surface area contributed by atoms with Crippen LogP contribution in [0.2, 0.25) is 0 Å². The van der Waals surface area contributed by atoms with Gasteiger partial charge < -0.3 is 20.1 Å². The molecule has 0 unspecified atom stereocenters. The zero-order chi connectivity index (χ0) is 22.2. The molecule has 0 aliphatic rings. The van der Waals surface area contributed by atoms with E-state index in [1.807, 2.05) is 48.8 Å². The molecule has 0 saturated carbocycles. The van der Waals surface area contributed by atoms with Gasteiger partial charge >= 0.3 is 0 Å². The molecule has 2 aromatic carbocycles. The van der Waals surface area contributed by atoms with Gasteiger partial charge in [-0.2, -0.15) is 4.98 Å². The van der Waals surface area contributed by atoms with Crippen molar-refractivity contribution in [3.05, 3.63) is 54.7 Å². The maximum Gasteiger partial charge on any atom is 0.238 e. The number of aromatic nitrogens is 4.